The molecule has 1 N–H and O–H groups in total. The number of carbonyl (C=O) groups excluding carboxylic acids is 1. The van der Waals surface area contributed by atoms with Gasteiger partial charge in [0.05, 0.1) is 37.7 Å². The van der Waals surface area contributed by atoms with Crippen LogP contribution in [-0.4, -0.2) is 87.8 Å². The monoisotopic (exact) mass is 424 g/mol. The van der Waals surface area contributed by atoms with Crippen molar-refractivity contribution in [3.8, 4) is 5.75 Å². The van der Waals surface area contributed by atoms with Gasteiger partial charge in [0.25, 0.3) is 5.91 Å². The summed E-state index contributed by atoms with van der Waals surface area (Å²) < 4.78 is 23.4. The van der Waals surface area contributed by atoms with Crippen molar-refractivity contribution in [1.82, 2.24) is 14.9 Å². The van der Waals surface area contributed by atoms with Crippen LogP contribution in [0.3, 0.4) is 0 Å². The number of rotatable bonds is 3. The maximum Gasteiger partial charge on any atom is 0.291 e. The van der Waals surface area contributed by atoms with Crippen LogP contribution in [0.4, 0.5) is 5.82 Å². The van der Waals surface area contributed by atoms with Crippen LogP contribution in [0.1, 0.15) is 43.5 Å². The first-order valence-electron chi connectivity index (χ1n) is 9.92. The molecule has 0 bridgehead atoms. The summed E-state index contributed by atoms with van der Waals surface area (Å²) in [6, 6.07) is 0.0618. The second-order valence-electron chi connectivity index (χ2n) is 8.47. The van der Waals surface area contributed by atoms with E-state index in [2.05, 4.69) is 14.9 Å². The second-order valence-corrected chi connectivity index (χ2v) is 10.4. The molecular weight excluding hydrogens is 396 g/mol. The number of fused-ring (bicyclic) bond motifs is 3. The Bertz CT molecular complexity index is 805. The number of hydrogen-bond donors (Lipinski definition) is 1. The molecule has 0 spiro atoms. The molecule has 29 heavy (non-hydrogen) atoms. The number of ether oxygens (including phenoxy) is 2. The Balaban J connectivity index is 1.83. The second kappa shape index (κ2) is 7.57. The Labute approximate surface area is 173 Å². The number of morpholine rings is 1. The molecule has 2 fully saturated rings. The van der Waals surface area contributed by atoms with E-state index in [1.165, 1.54) is 0 Å². The maximum absolute atomic E-state index is 13.1. The molecule has 9 nitrogen and oxygen atoms in total. The van der Waals surface area contributed by atoms with E-state index in [0.29, 0.717) is 50.0 Å². The number of β-amino-alcohol motifs (C(OH)–C–C–N with tert-alkyl or cyclic N) is 1. The quantitative estimate of drug-likeness (QED) is 0.689. The molecule has 1 amide bonds. The van der Waals surface area contributed by atoms with Crippen LogP contribution in [0.5, 0.6) is 5.75 Å². The molecule has 1 unspecified atom stereocenters. The molecule has 4 atom stereocenters. The van der Waals surface area contributed by atoms with Crippen molar-refractivity contribution in [2.45, 2.75) is 50.1 Å². The van der Waals surface area contributed by atoms with Gasteiger partial charge in [-0.1, -0.05) is 0 Å². The van der Waals surface area contributed by atoms with Gasteiger partial charge in [0.15, 0.2) is 16.3 Å². The third kappa shape index (κ3) is 3.56. The Morgan fingerprint density at radius 3 is 2.72 bits per heavy atom. The molecule has 1 aromatic rings. The summed E-state index contributed by atoms with van der Waals surface area (Å²) >= 11 is -1.25. The summed E-state index contributed by atoms with van der Waals surface area (Å²) in [5.41, 5.74) is 0.476. The van der Waals surface area contributed by atoms with Crippen molar-refractivity contribution in [1.29, 1.82) is 0 Å². The molecule has 4 rings (SSSR count). The fourth-order valence-electron chi connectivity index (χ4n) is 4.04. The SMILES string of the molecule is C[C@@H]1COC[C@H]2COc3c(nc(C(=O)N4CC[C@H](O)C4)nc3C(C)(C)[S+](C)[O-])N21. The Hall–Kier alpha value is -1.62. The highest BCUT2D eigenvalue weighted by Crippen LogP contribution is 2.43. The first-order valence-corrected chi connectivity index (χ1v) is 11.5. The van der Waals surface area contributed by atoms with Crippen LogP contribution in [0.25, 0.3) is 0 Å². The molecular formula is C19H28N4O5S. The lowest BCUT2D eigenvalue weighted by Gasteiger charge is -2.45. The van der Waals surface area contributed by atoms with E-state index >= 15 is 0 Å². The van der Waals surface area contributed by atoms with Crippen LogP contribution in [0.15, 0.2) is 0 Å². The van der Waals surface area contributed by atoms with Gasteiger partial charge < -0.3 is 28.9 Å². The van der Waals surface area contributed by atoms with Gasteiger partial charge >= 0.3 is 0 Å². The van der Waals surface area contributed by atoms with Gasteiger partial charge in [0.2, 0.25) is 5.82 Å². The lowest BCUT2D eigenvalue weighted by molar-refractivity contribution is 0.0480. The molecule has 10 heteroatoms. The number of aromatic nitrogens is 2. The highest BCUT2D eigenvalue weighted by molar-refractivity contribution is 7.91. The summed E-state index contributed by atoms with van der Waals surface area (Å²) in [4.78, 5) is 26.0. The molecule has 3 aliphatic heterocycles. The van der Waals surface area contributed by atoms with Crippen molar-refractivity contribution in [2.24, 2.45) is 0 Å². The van der Waals surface area contributed by atoms with Crippen LogP contribution in [-0.2, 0) is 20.7 Å². The third-order valence-corrected chi connectivity index (χ3v) is 7.61. The summed E-state index contributed by atoms with van der Waals surface area (Å²) in [6.07, 6.45) is 1.64. The molecule has 0 saturated carbocycles. The predicted octanol–water partition coefficient (Wildman–Crippen LogP) is 0.283. The summed E-state index contributed by atoms with van der Waals surface area (Å²) in [7, 11) is 0. The largest absolute Gasteiger partial charge is 0.616 e. The first-order chi connectivity index (χ1) is 13.7. The summed E-state index contributed by atoms with van der Waals surface area (Å²) in [5, 5.41) is 9.82. The van der Waals surface area contributed by atoms with Gasteiger partial charge in [0.1, 0.15) is 12.3 Å². The topological polar surface area (TPSA) is 111 Å². The van der Waals surface area contributed by atoms with Crippen molar-refractivity contribution >= 4 is 22.9 Å². The number of aliphatic hydroxyl groups excluding tert-OH is 1. The summed E-state index contributed by atoms with van der Waals surface area (Å²) in [5.74, 6) is 0.775. The van der Waals surface area contributed by atoms with Crippen LogP contribution >= 0.6 is 0 Å². The molecule has 0 aliphatic carbocycles. The minimum Gasteiger partial charge on any atom is -0.616 e. The Morgan fingerprint density at radius 1 is 1.31 bits per heavy atom. The van der Waals surface area contributed by atoms with Gasteiger partial charge in [-0.15, -0.1) is 0 Å². The zero-order chi connectivity index (χ0) is 20.9. The van der Waals surface area contributed by atoms with E-state index in [0.717, 1.165) is 0 Å². The number of hydrogen-bond acceptors (Lipinski definition) is 8. The molecule has 4 heterocycles. The lowest BCUT2D eigenvalue weighted by Crippen LogP contribution is -2.56. The minimum absolute atomic E-state index is 0.000738. The van der Waals surface area contributed by atoms with Crippen molar-refractivity contribution in [3.05, 3.63) is 11.5 Å². The Kier molecular flexibility index (Phi) is 5.39. The number of likely N-dealkylation sites (tertiary alicyclic amines) is 1. The number of amides is 1. The molecule has 1 aromatic heterocycles. The minimum atomic E-state index is -1.25. The van der Waals surface area contributed by atoms with E-state index in [1.54, 1.807) is 11.2 Å². The molecule has 0 radical (unpaired) electrons. The molecule has 2 saturated heterocycles. The first kappa shape index (κ1) is 20.6. The predicted molar refractivity (Wildman–Crippen MR) is 108 cm³/mol. The van der Waals surface area contributed by atoms with Crippen LogP contribution in [0, 0.1) is 0 Å². The normalized spacial score (nSPS) is 27.9. The van der Waals surface area contributed by atoms with Crippen molar-refractivity contribution < 1.29 is 23.9 Å². The van der Waals surface area contributed by atoms with E-state index < -0.39 is 22.0 Å². The highest BCUT2D eigenvalue weighted by atomic mass is 32.2. The van der Waals surface area contributed by atoms with Crippen molar-refractivity contribution in [2.75, 3.05) is 44.1 Å². The van der Waals surface area contributed by atoms with Gasteiger partial charge in [-0.3, -0.25) is 4.79 Å². The lowest BCUT2D eigenvalue weighted by atomic mass is 10.0. The Morgan fingerprint density at radius 2 is 2.07 bits per heavy atom. The van der Waals surface area contributed by atoms with Crippen LogP contribution in [0.2, 0.25) is 0 Å². The average molecular weight is 425 g/mol. The fourth-order valence-corrected chi connectivity index (χ4v) is 4.45. The van der Waals surface area contributed by atoms with Crippen molar-refractivity contribution in [3.63, 3.8) is 0 Å². The number of nitrogens with zero attached hydrogens (tertiary/aromatic N) is 4. The molecule has 3 aliphatic rings. The number of carbonyl (C=O) groups is 1. The van der Waals surface area contributed by atoms with Gasteiger partial charge in [-0.25, -0.2) is 9.97 Å². The number of anilines is 1. The summed E-state index contributed by atoms with van der Waals surface area (Å²) in [6.45, 7) is 7.94. The van der Waals surface area contributed by atoms with E-state index in [1.807, 2.05) is 20.8 Å². The highest BCUT2D eigenvalue weighted by Gasteiger charge is 2.44. The number of aliphatic hydroxyl groups is 1. The molecule has 160 valence electrons. The molecule has 0 aromatic carbocycles. The van der Waals surface area contributed by atoms with Crippen LogP contribution < -0.4 is 9.64 Å². The third-order valence-electron chi connectivity index (χ3n) is 5.98. The zero-order valence-electron chi connectivity index (χ0n) is 17.3. The van der Waals surface area contributed by atoms with Gasteiger partial charge in [-0.05, 0) is 38.4 Å². The zero-order valence-corrected chi connectivity index (χ0v) is 18.1. The van der Waals surface area contributed by atoms with Gasteiger partial charge in [0, 0.05) is 13.1 Å². The maximum atomic E-state index is 13.1. The fraction of sp³-hybridized carbons (Fsp3) is 0.737. The standard InChI is InChI=1S/C19H28N4O5S/c1-11-8-27-9-12-10-28-14-15(19(2,3)29(4)26)20-16(21-17(14)23(11)12)18(25)22-6-5-13(24)7-22/h11-13,24H,5-10H2,1-4H3/t11-,12+,13+,29?/m1/s1. The van der Waals surface area contributed by atoms with Gasteiger partial charge in [-0.2, -0.15) is 0 Å². The average Bonchev–Trinajstić information content (AvgIpc) is 3.12. The van der Waals surface area contributed by atoms with E-state index in [4.69, 9.17) is 9.47 Å². The van der Waals surface area contributed by atoms with E-state index in [-0.39, 0.29) is 30.4 Å². The van der Waals surface area contributed by atoms with E-state index in [9.17, 15) is 14.5 Å². The smallest absolute Gasteiger partial charge is 0.291 e.